The van der Waals surface area contributed by atoms with Gasteiger partial charge in [-0.1, -0.05) is 20.3 Å². The zero-order valence-corrected chi connectivity index (χ0v) is 13.3. The summed E-state index contributed by atoms with van der Waals surface area (Å²) < 4.78 is 0. The molecule has 0 atom stereocenters. The standard InChI is InChI=1S/C17H29N3/c1-4-7-15-11-14(13-18-10-5-2)12-17(19-15)20(3)16-8-6-9-16/h11-12,16,18H,4-10,13H2,1-3H3. The van der Waals surface area contributed by atoms with Crippen molar-refractivity contribution in [2.24, 2.45) is 0 Å². The van der Waals surface area contributed by atoms with Crippen molar-refractivity contribution in [3.05, 3.63) is 23.4 Å². The van der Waals surface area contributed by atoms with Crippen LogP contribution in [0, 0.1) is 0 Å². The van der Waals surface area contributed by atoms with Gasteiger partial charge < -0.3 is 10.2 Å². The van der Waals surface area contributed by atoms with Crippen LogP contribution in [-0.4, -0.2) is 24.6 Å². The first kappa shape index (κ1) is 15.3. The lowest BCUT2D eigenvalue weighted by Gasteiger charge is -2.36. The molecule has 1 fully saturated rings. The van der Waals surface area contributed by atoms with Gasteiger partial charge in [0.25, 0.3) is 0 Å². The lowest BCUT2D eigenvalue weighted by atomic mass is 9.92. The lowest BCUT2D eigenvalue weighted by molar-refractivity contribution is 0.399. The maximum absolute atomic E-state index is 4.85. The molecule has 0 aromatic carbocycles. The first-order chi connectivity index (χ1) is 9.74. The topological polar surface area (TPSA) is 28.2 Å². The van der Waals surface area contributed by atoms with E-state index >= 15 is 0 Å². The van der Waals surface area contributed by atoms with E-state index < -0.39 is 0 Å². The van der Waals surface area contributed by atoms with Crippen LogP contribution in [0.15, 0.2) is 12.1 Å². The summed E-state index contributed by atoms with van der Waals surface area (Å²) in [6, 6.07) is 5.24. The Bertz CT molecular complexity index is 413. The highest BCUT2D eigenvalue weighted by Gasteiger charge is 2.23. The number of nitrogens with one attached hydrogen (secondary N) is 1. The highest BCUT2D eigenvalue weighted by molar-refractivity contribution is 5.43. The number of nitrogens with zero attached hydrogens (tertiary/aromatic N) is 2. The Hall–Kier alpha value is -1.09. The van der Waals surface area contributed by atoms with E-state index in [0.29, 0.717) is 6.04 Å². The molecule has 1 N–H and O–H groups in total. The van der Waals surface area contributed by atoms with E-state index in [1.807, 2.05) is 0 Å². The van der Waals surface area contributed by atoms with Crippen molar-refractivity contribution in [3.8, 4) is 0 Å². The lowest BCUT2D eigenvalue weighted by Crippen LogP contribution is -2.37. The van der Waals surface area contributed by atoms with Crippen LogP contribution in [0.3, 0.4) is 0 Å². The van der Waals surface area contributed by atoms with Gasteiger partial charge in [-0.25, -0.2) is 4.98 Å². The molecule has 0 bridgehead atoms. The average Bonchev–Trinajstić information content (AvgIpc) is 2.37. The molecule has 3 heteroatoms. The van der Waals surface area contributed by atoms with Crippen molar-refractivity contribution in [3.63, 3.8) is 0 Å². The fraction of sp³-hybridized carbons (Fsp3) is 0.706. The van der Waals surface area contributed by atoms with E-state index in [2.05, 4.69) is 43.2 Å². The van der Waals surface area contributed by atoms with Crippen molar-refractivity contribution >= 4 is 5.82 Å². The molecule has 1 aromatic heterocycles. The number of hydrogen-bond acceptors (Lipinski definition) is 3. The van der Waals surface area contributed by atoms with E-state index in [1.54, 1.807) is 0 Å². The quantitative estimate of drug-likeness (QED) is 0.736. The van der Waals surface area contributed by atoms with Gasteiger partial charge in [0.15, 0.2) is 0 Å². The molecule has 112 valence electrons. The molecule has 1 aliphatic carbocycles. The second kappa shape index (κ2) is 7.63. The van der Waals surface area contributed by atoms with Crippen LogP contribution >= 0.6 is 0 Å². The normalized spacial score (nSPS) is 15.2. The maximum atomic E-state index is 4.85. The van der Waals surface area contributed by atoms with Crippen LogP contribution in [0.1, 0.15) is 57.2 Å². The van der Waals surface area contributed by atoms with Gasteiger partial charge >= 0.3 is 0 Å². The Morgan fingerprint density at radius 1 is 1.25 bits per heavy atom. The van der Waals surface area contributed by atoms with Crippen LogP contribution in [0.2, 0.25) is 0 Å². The van der Waals surface area contributed by atoms with Gasteiger partial charge in [-0.2, -0.15) is 0 Å². The Morgan fingerprint density at radius 3 is 2.65 bits per heavy atom. The zero-order chi connectivity index (χ0) is 14.4. The van der Waals surface area contributed by atoms with E-state index in [1.165, 1.54) is 36.9 Å². The summed E-state index contributed by atoms with van der Waals surface area (Å²) in [4.78, 5) is 7.23. The molecule has 0 unspecified atom stereocenters. The first-order valence-electron chi connectivity index (χ1n) is 8.18. The van der Waals surface area contributed by atoms with Crippen molar-refractivity contribution in [2.75, 3.05) is 18.5 Å². The summed E-state index contributed by atoms with van der Waals surface area (Å²) in [6.45, 7) is 6.47. The van der Waals surface area contributed by atoms with Crippen molar-refractivity contribution < 1.29 is 0 Å². The van der Waals surface area contributed by atoms with Gasteiger partial charge in [0.2, 0.25) is 0 Å². The van der Waals surface area contributed by atoms with E-state index in [-0.39, 0.29) is 0 Å². The fourth-order valence-corrected chi connectivity index (χ4v) is 2.67. The molecule has 3 nitrogen and oxygen atoms in total. The van der Waals surface area contributed by atoms with E-state index in [4.69, 9.17) is 4.98 Å². The molecule has 1 aliphatic rings. The average molecular weight is 275 g/mol. The molecule has 0 spiro atoms. The highest BCUT2D eigenvalue weighted by Crippen LogP contribution is 2.28. The minimum absolute atomic E-state index is 0.704. The third-order valence-corrected chi connectivity index (χ3v) is 4.17. The summed E-state index contributed by atoms with van der Waals surface area (Å²) in [5.74, 6) is 1.16. The molecule has 1 heterocycles. The Balaban J connectivity index is 2.11. The SMILES string of the molecule is CCCNCc1cc(CCC)nc(N(C)C2CCC2)c1. The smallest absolute Gasteiger partial charge is 0.129 e. The largest absolute Gasteiger partial charge is 0.357 e. The first-order valence-corrected chi connectivity index (χ1v) is 8.18. The van der Waals surface area contributed by atoms with Crippen LogP contribution < -0.4 is 10.2 Å². The summed E-state index contributed by atoms with van der Waals surface area (Å²) in [5.41, 5.74) is 2.61. The third-order valence-electron chi connectivity index (χ3n) is 4.17. The molecule has 20 heavy (non-hydrogen) atoms. The Labute approximate surface area is 123 Å². The van der Waals surface area contributed by atoms with Crippen LogP contribution in [0.5, 0.6) is 0 Å². The minimum atomic E-state index is 0.704. The minimum Gasteiger partial charge on any atom is -0.357 e. The van der Waals surface area contributed by atoms with E-state index in [0.717, 1.165) is 31.7 Å². The monoisotopic (exact) mass is 275 g/mol. The zero-order valence-electron chi connectivity index (χ0n) is 13.3. The number of pyridine rings is 1. The number of aromatic nitrogens is 1. The van der Waals surface area contributed by atoms with Crippen molar-refractivity contribution in [1.82, 2.24) is 10.3 Å². The number of anilines is 1. The second-order valence-electron chi connectivity index (χ2n) is 5.95. The summed E-state index contributed by atoms with van der Waals surface area (Å²) >= 11 is 0. The van der Waals surface area contributed by atoms with Crippen LogP contribution in [0.4, 0.5) is 5.82 Å². The number of aryl methyl sites for hydroxylation is 1. The predicted molar refractivity (Wildman–Crippen MR) is 86.3 cm³/mol. The summed E-state index contributed by atoms with van der Waals surface area (Å²) in [6.07, 6.45) is 7.42. The molecular weight excluding hydrogens is 246 g/mol. The van der Waals surface area contributed by atoms with Crippen molar-refractivity contribution in [1.29, 1.82) is 0 Å². The molecule has 1 aromatic rings. The highest BCUT2D eigenvalue weighted by atomic mass is 15.2. The third kappa shape index (κ3) is 3.95. The van der Waals surface area contributed by atoms with Gasteiger partial charge in [-0.3, -0.25) is 0 Å². The fourth-order valence-electron chi connectivity index (χ4n) is 2.67. The molecule has 2 rings (SSSR count). The molecular formula is C17H29N3. The summed E-state index contributed by atoms with van der Waals surface area (Å²) in [7, 11) is 2.20. The maximum Gasteiger partial charge on any atom is 0.129 e. The molecule has 0 radical (unpaired) electrons. The Morgan fingerprint density at radius 2 is 2.05 bits per heavy atom. The van der Waals surface area contributed by atoms with Gasteiger partial charge in [-0.05, 0) is 56.3 Å². The van der Waals surface area contributed by atoms with Gasteiger partial charge in [0.05, 0.1) is 0 Å². The van der Waals surface area contributed by atoms with E-state index in [9.17, 15) is 0 Å². The predicted octanol–water partition coefficient (Wildman–Crippen LogP) is 3.52. The number of rotatable bonds is 8. The van der Waals surface area contributed by atoms with Crippen molar-refractivity contribution in [2.45, 2.75) is 65.0 Å². The Kier molecular flexibility index (Phi) is 5.84. The summed E-state index contributed by atoms with van der Waals surface area (Å²) in [5, 5.41) is 3.50. The van der Waals surface area contributed by atoms with Crippen LogP contribution in [-0.2, 0) is 13.0 Å². The second-order valence-corrected chi connectivity index (χ2v) is 5.95. The molecule has 0 amide bonds. The molecule has 1 saturated carbocycles. The van der Waals surface area contributed by atoms with Gasteiger partial charge in [0, 0.05) is 25.3 Å². The number of hydrogen-bond donors (Lipinski definition) is 1. The van der Waals surface area contributed by atoms with Crippen LogP contribution in [0.25, 0.3) is 0 Å². The molecule has 0 aliphatic heterocycles. The van der Waals surface area contributed by atoms with Gasteiger partial charge in [0.1, 0.15) is 5.82 Å². The molecule has 0 saturated heterocycles. The van der Waals surface area contributed by atoms with Gasteiger partial charge in [-0.15, -0.1) is 0 Å².